The van der Waals surface area contributed by atoms with Crippen LogP contribution in [0, 0.1) is 6.92 Å². The van der Waals surface area contributed by atoms with Crippen LogP contribution in [0.2, 0.25) is 0 Å². The molecule has 1 aliphatic rings. The monoisotopic (exact) mass is 361 g/mol. The lowest BCUT2D eigenvalue weighted by atomic mass is 9.87. The molecule has 0 aliphatic carbocycles. The molecule has 0 saturated heterocycles. The molecule has 0 spiro atoms. The Morgan fingerprint density at radius 2 is 2.04 bits per heavy atom. The normalized spacial score (nSPS) is 16.5. The molecule has 2 aromatic heterocycles. The number of carbonyl (C=O) groups excluding carboxylic acids is 1. The average molecular weight is 361 g/mol. The molecule has 0 aromatic carbocycles. The van der Waals surface area contributed by atoms with Gasteiger partial charge in [0.1, 0.15) is 0 Å². The molecule has 138 valence electrons. The molecule has 0 saturated carbocycles. The van der Waals surface area contributed by atoms with Crippen LogP contribution < -0.4 is 4.90 Å². The number of anilines is 2. The predicted octanol–water partition coefficient (Wildman–Crippen LogP) is 4.14. The molecule has 27 heavy (non-hydrogen) atoms. The van der Waals surface area contributed by atoms with Gasteiger partial charge in [-0.05, 0) is 71.2 Å². The van der Waals surface area contributed by atoms with Gasteiger partial charge in [0, 0.05) is 17.5 Å². The fourth-order valence-corrected chi connectivity index (χ4v) is 3.09. The number of fused-ring (bicyclic) bond motifs is 1. The number of hydrogen-bond donors (Lipinski definition) is 0. The van der Waals surface area contributed by atoms with Crippen LogP contribution in [0.5, 0.6) is 0 Å². The first-order chi connectivity index (χ1) is 12.8. The van der Waals surface area contributed by atoms with Gasteiger partial charge < -0.3 is 0 Å². The van der Waals surface area contributed by atoms with Crippen LogP contribution in [0.4, 0.5) is 11.5 Å². The van der Waals surface area contributed by atoms with Gasteiger partial charge in [0.05, 0.1) is 22.5 Å². The van der Waals surface area contributed by atoms with Crippen LogP contribution in [0.15, 0.2) is 47.2 Å². The summed E-state index contributed by atoms with van der Waals surface area (Å²) in [5.41, 5.74) is 4.24. The molecule has 0 radical (unpaired) electrons. The van der Waals surface area contributed by atoms with Gasteiger partial charge in [0.2, 0.25) is 5.91 Å². The summed E-state index contributed by atoms with van der Waals surface area (Å²) in [7, 11) is 0. The van der Waals surface area contributed by atoms with Crippen LogP contribution in [0.1, 0.15) is 44.6 Å². The third-order valence-electron chi connectivity index (χ3n) is 4.77. The van der Waals surface area contributed by atoms with E-state index in [-0.39, 0.29) is 5.91 Å². The lowest BCUT2D eigenvalue weighted by Gasteiger charge is -2.19. The van der Waals surface area contributed by atoms with Crippen molar-refractivity contribution in [2.75, 3.05) is 4.90 Å². The van der Waals surface area contributed by atoms with Gasteiger partial charge in [-0.1, -0.05) is 6.08 Å². The third kappa shape index (κ3) is 3.18. The number of carbonyl (C=O) groups is 1. The second kappa shape index (κ2) is 6.87. The molecular formula is C21H23N5O. The van der Waals surface area contributed by atoms with Gasteiger partial charge in [0.15, 0.2) is 5.82 Å². The highest BCUT2D eigenvalue weighted by molar-refractivity contribution is 6.12. The summed E-state index contributed by atoms with van der Waals surface area (Å²) >= 11 is 0. The Balaban J connectivity index is 2.16. The van der Waals surface area contributed by atoms with Crippen molar-refractivity contribution in [3.8, 4) is 0 Å². The molecule has 2 aromatic rings. The van der Waals surface area contributed by atoms with E-state index in [2.05, 4.69) is 26.9 Å². The summed E-state index contributed by atoms with van der Waals surface area (Å²) in [4.78, 5) is 23.3. The fourth-order valence-electron chi connectivity index (χ4n) is 3.09. The Hall–Kier alpha value is -3.15. The molecule has 0 fully saturated rings. The van der Waals surface area contributed by atoms with E-state index in [1.165, 1.54) is 0 Å². The largest absolute Gasteiger partial charge is 0.273 e. The van der Waals surface area contributed by atoms with Gasteiger partial charge in [-0.15, -0.1) is 5.10 Å². The maximum Gasteiger partial charge on any atom is 0.243 e. The van der Waals surface area contributed by atoms with Crippen molar-refractivity contribution in [1.82, 2.24) is 15.2 Å². The molecule has 1 aliphatic heterocycles. The van der Waals surface area contributed by atoms with Gasteiger partial charge in [-0.3, -0.25) is 19.7 Å². The maximum atomic E-state index is 13.1. The fraction of sp³-hybridized carbons (Fsp3) is 0.286. The van der Waals surface area contributed by atoms with Crippen molar-refractivity contribution in [3.63, 3.8) is 0 Å². The van der Waals surface area contributed by atoms with E-state index in [0.29, 0.717) is 5.82 Å². The third-order valence-corrected chi connectivity index (χ3v) is 4.77. The molecule has 3 rings (SSSR count). The number of pyridine rings is 1. The minimum atomic E-state index is -0.683. The van der Waals surface area contributed by atoms with Crippen LogP contribution in [0.25, 0.3) is 5.57 Å². The minimum Gasteiger partial charge on any atom is -0.273 e. The zero-order valence-electron chi connectivity index (χ0n) is 16.3. The van der Waals surface area contributed by atoms with Gasteiger partial charge in [0.25, 0.3) is 0 Å². The Morgan fingerprint density at radius 3 is 2.63 bits per heavy atom. The first-order valence-electron chi connectivity index (χ1n) is 8.76. The van der Waals surface area contributed by atoms with E-state index in [4.69, 9.17) is 0 Å². The summed E-state index contributed by atoms with van der Waals surface area (Å²) < 4.78 is 0. The molecule has 6 nitrogen and oxygen atoms in total. The van der Waals surface area contributed by atoms with E-state index in [1.807, 2.05) is 65.0 Å². The number of nitrogens with zero attached hydrogens (tertiary/aromatic N) is 5. The quantitative estimate of drug-likeness (QED) is 0.606. The van der Waals surface area contributed by atoms with Crippen molar-refractivity contribution in [1.29, 1.82) is 0 Å². The highest BCUT2D eigenvalue weighted by atomic mass is 16.2. The topological polar surface area (TPSA) is 71.3 Å². The Morgan fingerprint density at radius 1 is 1.30 bits per heavy atom. The minimum absolute atomic E-state index is 0.0453. The van der Waals surface area contributed by atoms with Crippen molar-refractivity contribution in [2.45, 2.75) is 40.0 Å². The number of hydrogen-bond acceptors (Lipinski definition) is 5. The summed E-state index contributed by atoms with van der Waals surface area (Å²) in [6, 6.07) is 5.58. The SMILES string of the molecule is C=N/C(C)=C\C(=C/C)c1cc2c(cn1)C(C)(C)C(=O)N2c1ccc(C)nn1. The van der Waals surface area contributed by atoms with Crippen molar-refractivity contribution in [2.24, 2.45) is 4.99 Å². The second-order valence-electron chi connectivity index (χ2n) is 7.07. The van der Waals surface area contributed by atoms with E-state index in [1.54, 1.807) is 11.1 Å². The summed E-state index contributed by atoms with van der Waals surface area (Å²) in [6.45, 7) is 13.0. The van der Waals surface area contributed by atoms with E-state index in [0.717, 1.165) is 33.9 Å². The zero-order valence-corrected chi connectivity index (χ0v) is 16.3. The molecule has 0 atom stereocenters. The molecule has 3 heterocycles. The van der Waals surface area contributed by atoms with Crippen molar-refractivity contribution < 1.29 is 4.79 Å². The number of rotatable bonds is 4. The summed E-state index contributed by atoms with van der Waals surface area (Å²) in [5.74, 6) is 0.465. The predicted molar refractivity (Wildman–Crippen MR) is 108 cm³/mol. The average Bonchev–Trinajstić information content (AvgIpc) is 2.86. The second-order valence-corrected chi connectivity index (χ2v) is 7.07. The molecule has 0 bridgehead atoms. The zero-order chi connectivity index (χ0) is 19.8. The summed E-state index contributed by atoms with van der Waals surface area (Å²) in [5, 5.41) is 8.32. The Labute approximate surface area is 159 Å². The van der Waals surface area contributed by atoms with Gasteiger partial charge >= 0.3 is 0 Å². The van der Waals surface area contributed by atoms with Gasteiger partial charge in [-0.25, -0.2) is 0 Å². The van der Waals surface area contributed by atoms with E-state index < -0.39 is 5.41 Å². The lowest BCUT2D eigenvalue weighted by Crippen LogP contribution is -2.33. The van der Waals surface area contributed by atoms with Crippen LogP contribution >= 0.6 is 0 Å². The van der Waals surface area contributed by atoms with E-state index >= 15 is 0 Å². The highest BCUT2D eigenvalue weighted by Crippen LogP contribution is 2.45. The Kier molecular flexibility index (Phi) is 4.74. The number of aromatic nitrogens is 3. The smallest absolute Gasteiger partial charge is 0.243 e. The van der Waals surface area contributed by atoms with Crippen LogP contribution in [0.3, 0.4) is 0 Å². The maximum absolute atomic E-state index is 13.1. The molecule has 0 unspecified atom stereocenters. The van der Waals surface area contributed by atoms with Crippen LogP contribution in [-0.2, 0) is 10.2 Å². The van der Waals surface area contributed by atoms with Gasteiger partial charge in [-0.2, -0.15) is 5.10 Å². The standard InChI is InChI=1S/C21H23N5O/c1-7-15(10-14(3)22-6)17-11-18-16(12-23-17)21(4,5)20(27)26(18)19-9-8-13(2)24-25-19/h7-12H,6H2,1-5H3/b14-10-,15-7+. The molecule has 6 heteroatoms. The van der Waals surface area contributed by atoms with Crippen LogP contribution in [-0.4, -0.2) is 27.8 Å². The number of amides is 1. The Bertz CT molecular complexity index is 971. The number of allylic oxidation sites excluding steroid dienone is 4. The van der Waals surface area contributed by atoms with E-state index in [9.17, 15) is 4.79 Å². The highest BCUT2D eigenvalue weighted by Gasteiger charge is 2.45. The molecular weight excluding hydrogens is 338 g/mol. The van der Waals surface area contributed by atoms with Crippen molar-refractivity contribution in [3.05, 3.63) is 59.2 Å². The number of aliphatic imine (C=N–C) groups is 1. The first kappa shape index (κ1) is 18.6. The molecule has 0 N–H and O–H groups in total. The summed E-state index contributed by atoms with van der Waals surface area (Å²) in [6.07, 6.45) is 5.65. The lowest BCUT2D eigenvalue weighted by molar-refractivity contribution is -0.121. The molecule has 1 amide bonds. The number of aryl methyl sites for hydroxylation is 1. The van der Waals surface area contributed by atoms with Crippen molar-refractivity contribution >= 4 is 29.7 Å². The first-order valence-corrected chi connectivity index (χ1v) is 8.76.